The quantitative estimate of drug-likeness (QED) is 0.639. The van der Waals surface area contributed by atoms with Crippen LogP contribution in [-0.4, -0.2) is 35.5 Å². The predicted molar refractivity (Wildman–Crippen MR) is 97.3 cm³/mol. The zero-order valence-corrected chi connectivity index (χ0v) is 15.3. The van der Waals surface area contributed by atoms with Crippen molar-refractivity contribution in [1.82, 2.24) is 15.2 Å². The number of hydrogen-bond donors (Lipinski definition) is 1. The van der Waals surface area contributed by atoms with Gasteiger partial charge in [0.25, 0.3) is 0 Å². The Hall–Kier alpha value is -2.09. The van der Waals surface area contributed by atoms with Gasteiger partial charge in [-0.15, -0.1) is 11.3 Å². The molecule has 1 aromatic carbocycles. The molecule has 0 spiro atoms. The van der Waals surface area contributed by atoms with E-state index in [1.54, 1.807) is 0 Å². The summed E-state index contributed by atoms with van der Waals surface area (Å²) in [6.45, 7) is 4.55. The second-order valence-electron chi connectivity index (χ2n) is 6.14. The number of alkyl halides is 3. The van der Waals surface area contributed by atoms with Gasteiger partial charge in [-0.1, -0.05) is 30.3 Å². The number of benzene rings is 1. The zero-order valence-electron chi connectivity index (χ0n) is 14.5. The average Bonchev–Trinajstić information content (AvgIpc) is 3.29. The third kappa shape index (κ3) is 4.55. The number of aliphatic imine (C=N–C) groups is 1. The summed E-state index contributed by atoms with van der Waals surface area (Å²) >= 11 is 0.992. The summed E-state index contributed by atoms with van der Waals surface area (Å²) in [6.07, 6.45) is -3.37. The van der Waals surface area contributed by atoms with Crippen molar-refractivity contribution < 1.29 is 13.2 Å². The van der Waals surface area contributed by atoms with Gasteiger partial charge in [-0.3, -0.25) is 0 Å². The molecule has 0 bridgehead atoms. The normalized spacial score (nSPS) is 18.4. The molecule has 140 valence electrons. The summed E-state index contributed by atoms with van der Waals surface area (Å²) in [4.78, 5) is 10.3. The van der Waals surface area contributed by atoms with Crippen LogP contribution in [0.5, 0.6) is 0 Å². The molecule has 4 nitrogen and oxygen atoms in total. The van der Waals surface area contributed by atoms with Crippen LogP contribution in [0.2, 0.25) is 0 Å². The number of halogens is 3. The first-order valence-corrected chi connectivity index (χ1v) is 9.45. The van der Waals surface area contributed by atoms with Crippen LogP contribution in [0.1, 0.15) is 35.5 Å². The SMILES string of the molecule is CCNC(=NCc1nc(C(F)(F)F)cs1)N1CCC(c2ccccc2)C1. The van der Waals surface area contributed by atoms with E-state index in [1.165, 1.54) is 5.56 Å². The van der Waals surface area contributed by atoms with Gasteiger partial charge < -0.3 is 10.2 Å². The molecular formula is C18H21F3N4S. The van der Waals surface area contributed by atoms with Crippen LogP contribution in [0, 0.1) is 0 Å². The van der Waals surface area contributed by atoms with Gasteiger partial charge in [0.15, 0.2) is 11.7 Å². The Bertz CT molecular complexity index is 742. The number of guanidine groups is 1. The first-order chi connectivity index (χ1) is 12.5. The molecule has 0 saturated carbocycles. The van der Waals surface area contributed by atoms with E-state index < -0.39 is 11.9 Å². The number of nitrogens with zero attached hydrogens (tertiary/aromatic N) is 3. The minimum absolute atomic E-state index is 0.148. The van der Waals surface area contributed by atoms with Crippen LogP contribution in [0.25, 0.3) is 0 Å². The van der Waals surface area contributed by atoms with Crippen molar-refractivity contribution in [2.45, 2.75) is 32.0 Å². The van der Waals surface area contributed by atoms with Crippen molar-refractivity contribution in [3.63, 3.8) is 0 Å². The maximum Gasteiger partial charge on any atom is 0.434 e. The van der Waals surface area contributed by atoms with Gasteiger partial charge >= 0.3 is 6.18 Å². The third-order valence-corrected chi connectivity index (χ3v) is 5.13. The van der Waals surface area contributed by atoms with Crippen LogP contribution in [-0.2, 0) is 12.7 Å². The lowest BCUT2D eigenvalue weighted by Crippen LogP contribution is -2.40. The zero-order chi connectivity index (χ0) is 18.6. The Morgan fingerprint density at radius 2 is 2.12 bits per heavy atom. The molecule has 2 heterocycles. The summed E-state index contributed by atoms with van der Waals surface area (Å²) in [5, 5.41) is 4.64. The van der Waals surface area contributed by atoms with E-state index in [2.05, 4.69) is 32.3 Å². The number of nitrogens with one attached hydrogen (secondary N) is 1. The Morgan fingerprint density at radius 1 is 1.35 bits per heavy atom. The van der Waals surface area contributed by atoms with E-state index in [-0.39, 0.29) is 6.54 Å². The molecule has 1 N–H and O–H groups in total. The van der Waals surface area contributed by atoms with Crippen LogP contribution in [0.4, 0.5) is 13.2 Å². The summed E-state index contributed by atoms with van der Waals surface area (Å²) < 4.78 is 38.0. The fraction of sp³-hybridized carbons (Fsp3) is 0.444. The van der Waals surface area contributed by atoms with Crippen LogP contribution < -0.4 is 5.32 Å². The standard InChI is InChI=1S/C18H21F3N4S/c1-2-22-17(23-10-16-24-15(12-26-16)18(19,20)21)25-9-8-14(11-25)13-6-4-3-5-7-13/h3-7,12,14H,2,8-11H2,1H3,(H,22,23). The largest absolute Gasteiger partial charge is 0.434 e. The van der Waals surface area contributed by atoms with Gasteiger partial charge in [-0.25, -0.2) is 9.98 Å². The Kier molecular flexibility index (Phi) is 5.80. The fourth-order valence-electron chi connectivity index (χ4n) is 3.03. The molecule has 2 aromatic rings. The first kappa shape index (κ1) is 18.7. The number of rotatable bonds is 4. The molecule has 26 heavy (non-hydrogen) atoms. The molecule has 1 unspecified atom stereocenters. The Morgan fingerprint density at radius 3 is 2.77 bits per heavy atom. The predicted octanol–water partition coefficient (Wildman–Crippen LogP) is 4.12. The smallest absolute Gasteiger partial charge is 0.357 e. The maximum atomic E-state index is 12.7. The maximum absolute atomic E-state index is 12.7. The van der Waals surface area contributed by atoms with Gasteiger partial charge in [-0.05, 0) is 18.9 Å². The molecule has 0 aliphatic carbocycles. The second-order valence-corrected chi connectivity index (χ2v) is 7.08. The monoisotopic (exact) mass is 382 g/mol. The van der Waals surface area contributed by atoms with Gasteiger partial charge in [0.2, 0.25) is 0 Å². The van der Waals surface area contributed by atoms with Crippen LogP contribution in [0.15, 0.2) is 40.7 Å². The van der Waals surface area contributed by atoms with Gasteiger partial charge in [0, 0.05) is 30.9 Å². The summed E-state index contributed by atoms with van der Waals surface area (Å²) in [6, 6.07) is 10.3. The van der Waals surface area contributed by atoms with Crippen molar-refractivity contribution in [3.05, 3.63) is 52.0 Å². The lowest BCUT2D eigenvalue weighted by Gasteiger charge is -2.21. The van der Waals surface area contributed by atoms with Gasteiger partial charge in [0.1, 0.15) is 5.01 Å². The number of aromatic nitrogens is 1. The van der Waals surface area contributed by atoms with Crippen molar-refractivity contribution >= 4 is 17.3 Å². The van der Waals surface area contributed by atoms with Crippen molar-refractivity contribution in [1.29, 1.82) is 0 Å². The summed E-state index contributed by atoms with van der Waals surface area (Å²) in [7, 11) is 0. The molecule has 1 fully saturated rings. The summed E-state index contributed by atoms with van der Waals surface area (Å²) in [5.74, 6) is 1.17. The van der Waals surface area contributed by atoms with E-state index in [1.807, 2.05) is 25.1 Å². The number of thiazole rings is 1. The van der Waals surface area contributed by atoms with Crippen molar-refractivity contribution in [2.24, 2.45) is 4.99 Å². The molecule has 8 heteroatoms. The molecular weight excluding hydrogens is 361 g/mol. The van der Waals surface area contributed by atoms with Crippen molar-refractivity contribution in [3.8, 4) is 0 Å². The molecule has 0 radical (unpaired) electrons. The minimum Gasteiger partial charge on any atom is -0.357 e. The van der Waals surface area contributed by atoms with Crippen molar-refractivity contribution in [2.75, 3.05) is 19.6 Å². The summed E-state index contributed by atoms with van der Waals surface area (Å²) in [5.41, 5.74) is 0.462. The van der Waals surface area contributed by atoms with E-state index in [9.17, 15) is 13.2 Å². The second kappa shape index (κ2) is 8.07. The Labute approximate surface area is 154 Å². The number of hydrogen-bond acceptors (Lipinski definition) is 3. The highest BCUT2D eigenvalue weighted by molar-refractivity contribution is 7.09. The topological polar surface area (TPSA) is 40.5 Å². The highest BCUT2D eigenvalue weighted by atomic mass is 32.1. The van der Waals surface area contributed by atoms with E-state index >= 15 is 0 Å². The number of likely N-dealkylation sites (tertiary alicyclic amines) is 1. The first-order valence-electron chi connectivity index (χ1n) is 8.57. The van der Waals surface area contributed by atoms with E-state index in [4.69, 9.17) is 0 Å². The van der Waals surface area contributed by atoms with E-state index in [0.717, 1.165) is 42.2 Å². The lowest BCUT2D eigenvalue weighted by molar-refractivity contribution is -0.140. The third-order valence-electron chi connectivity index (χ3n) is 4.30. The van der Waals surface area contributed by atoms with Crippen LogP contribution in [0.3, 0.4) is 0 Å². The van der Waals surface area contributed by atoms with E-state index in [0.29, 0.717) is 17.5 Å². The van der Waals surface area contributed by atoms with Gasteiger partial charge in [-0.2, -0.15) is 13.2 Å². The minimum atomic E-state index is -4.40. The van der Waals surface area contributed by atoms with Gasteiger partial charge in [0.05, 0.1) is 6.54 Å². The van der Waals surface area contributed by atoms with Crippen LogP contribution >= 0.6 is 11.3 Å². The molecule has 0 amide bonds. The average molecular weight is 382 g/mol. The highest BCUT2D eigenvalue weighted by Crippen LogP contribution is 2.30. The lowest BCUT2D eigenvalue weighted by atomic mass is 9.99. The molecule has 1 aromatic heterocycles. The fourth-order valence-corrected chi connectivity index (χ4v) is 3.76. The molecule has 1 saturated heterocycles. The Balaban J connectivity index is 1.67. The molecule has 1 aliphatic heterocycles. The molecule has 3 rings (SSSR count). The molecule has 1 atom stereocenters. The highest BCUT2D eigenvalue weighted by Gasteiger charge is 2.33. The molecule has 1 aliphatic rings.